The van der Waals surface area contributed by atoms with Crippen LogP contribution in [0.4, 0.5) is 11.4 Å². The van der Waals surface area contributed by atoms with Crippen molar-refractivity contribution in [3.8, 4) is 0 Å². The highest BCUT2D eigenvalue weighted by molar-refractivity contribution is 6.16. The number of carbonyl (C=O) groups is 3. The molecule has 6 nitrogen and oxygen atoms in total. The van der Waals surface area contributed by atoms with E-state index in [-0.39, 0.29) is 17.5 Å². The molecule has 4 heterocycles. The van der Waals surface area contributed by atoms with Crippen LogP contribution in [0.5, 0.6) is 0 Å². The Morgan fingerprint density at radius 2 is 1.91 bits per heavy atom. The zero-order valence-electron chi connectivity index (χ0n) is 18.9. The summed E-state index contributed by atoms with van der Waals surface area (Å²) < 4.78 is 0. The van der Waals surface area contributed by atoms with Crippen molar-refractivity contribution in [3.05, 3.63) is 95.3 Å². The lowest BCUT2D eigenvalue weighted by molar-refractivity contribution is -0.122. The number of ketones is 2. The number of para-hydroxylation sites is 1. The number of aryl methyl sites for hydroxylation is 1. The van der Waals surface area contributed by atoms with Crippen LogP contribution in [0.3, 0.4) is 0 Å². The maximum absolute atomic E-state index is 14.2. The molecule has 2 aromatic carbocycles. The van der Waals surface area contributed by atoms with Gasteiger partial charge in [-0.3, -0.25) is 19.4 Å². The van der Waals surface area contributed by atoms with Gasteiger partial charge in [0.1, 0.15) is 5.41 Å². The van der Waals surface area contributed by atoms with E-state index in [2.05, 4.69) is 16.4 Å². The second-order valence-corrected chi connectivity index (χ2v) is 9.28. The van der Waals surface area contributed by atoms with Gasteiger partial charge >= 0.3 is 0 Å². The lowest BCUT2D eigenvalue weighted by Crippen LogP contribution is -2.51. The van der Waals surface area contributed by atoms with E-state index in [0.29, 0.717) is 11.3 Å². The third-order valence-electron chi connectivity index (χ3n) is 7.43. The van der Waals surface area contributed by atoms with E-state index in [0.717, 1.165) is 22.4 Å². The second-order valence-electron chi connectivity index (χ2n) is 9.28. The minimum Gasteiger partial charge on any atom is -0.352 e. The fourth-order valence-corrected chi connectivity index (χ4v) is 6.14. The number of fused-ring (bicyclic) bond motifs is 6. The molecule has 0 unspecified atom stereocenters. The Hall–Kier alpha value is -4.06. The fraction of sp³-hybridized carbons (Fsp3) is 0.214. The minimum absolute atomic E-state index is 0.150. The van der Waals surface area contributed by atoms with Gasteiger partial charge in [-0.25, -0.2) is 0 Å². The van der Waals surface area contributed by atoms with Crippen LogP contribution in [-0.4, -0.2) is 34.5 Å². The molecular formula is C28H23N3O3. The number of anilines is 2. The molecule has 3 aromatic rings. The van der Waals surface area contributed by atoms with Crippen LogP contribution < -0.4 is 10.2 Å². The molecular weight excluding hydrogens is 426 g/mol. The van der Waals surface area contributed by atoms with Gasteiger partial charge in [-0.15, -0.1) is 0 Å². The Balaban J connectivity index is 1.67. The van der Waals surface area contributed by atoms with Gasteiger partial charge in [0, 0.05) is 29.3 Å². The third-order valence-corrected chi connectivity index (χ3v) is 7.43. The van der Waals surface area contributed by atoms with Crippen molar-refractivity contribution in [1.29, 1.82) is 0 Å². The molecule has 1 saturated heterocycles. The quantitative estimate of drug-likeness (QED) is 0.613. The Kier molecular flexibility index (Phi) is 4.36. The van der Waals surface area contributed by atoms with E-state index < -0.39 is 23.4 Å². The summed E-state index contributed by atoms with van der Waals surface area (Å²) in [5, 5.41) is 3.01. The van der Waals surface area contributed by atoms with E-state index in [9.17, 15) is 14.4 Å². The Morgan fingerprint density at radius 1 is 1.09 bits per heavy atom. The number of hydrogen-bond acceptors (Lipinski definition) is 5. The van der Waals surface area contributed by atoms with Gasteiger partial charge < -0.3 is 10.2 Å². The highest BCUT2D eigenvalue weighted by Gasteiger charge is 2.69. The predicted molar refractivity (Wildman–Crippen MR) is 130 cm³/mol. The maximum atomic E-state index is 14.2. The van der Waals surface area contributed by atoms with Gasteiger partial charge in [0.2, 0.25) is 5.91 Å². The smallest absolute Gasteiger partial charge is 0.238 e. The number of carbonyl (C=O) groups excluding carboxylic acids is 3. The van der Waals surface area contributed by atoms with Crippen molar-refractivity contribution < 1.29 is 14.4 Å². The average Bonchev–Trinajstić information content (AvgIpc) is 3.32. The lowest BCUT2D eigenvalue weighted by atomic mass is 9.64. The number of amides is 1. The second kappa shape index (κ2) is 7.22. The van der Waals surface area contributed by atoms with E-state index in [1.807, 2.05) is 60.4 Å². The first kappa shape index (κ1) is 20.5. The zero-order chi connectivity index (χ0) is 23.6. The number of benzene rings is 2. The Bertz CT molecular complexity index is 1400. The summed E-state index contributed by atoms with van der Waals surface area (Å²) in [6, 6.07) is 15.6. The molecule has 1 aromatic heterocycles. The normalized spacial score (nSPS) is 26.1. The first-order valence-electron chi connectivity index (χ1n) is 11.4. The standard InChI is InChI=1S/C28H23N3O3/c1-16-9-11-22-18(14-16)10-12-23-28(20-7-3-4-8-21(20)30-27(28)34)24(25(17(2)32)31(22)23)26(33)19-6-5-13-29-15-19/h3-15,23-25H,1-2H3,(H,30,34)/t23-,24-,25+,28-/m0/s1. The molecule has 4 atom stereocenters. The lowest BCUT2D eigenvalue weighted by Gasteiger charge is -2.37. The number of rotatable bonds is 3. The molecule has 3 aliphatic rings. The van der Waals surface area contributed by atoms with Gasteiger partial charge in [-0.05, 0) is 55.3 Å². The van der Waals surface area contributed by atoms with Crippen LogP contribution in [0.25, 0.3) is 6.08 Å². The van der Waals surface area contributed by atoms with Crippen LogP contribution in [-0.2, 0) is 15.0 Å². The number of aromatic nitrogens is 1. The highest BCUT2D eigenvalue weighted by Crippen LogP contribution is 2.57. The number of Topliss-reactive ketones (excluding diaryl/α,β-unsaturated/α-hetero) is 2. The van der Waals surface area contributed by atoms with Crippen molar-refractivity contribution in [2.75, 3.05) is 10.2 Å². The molecule has 1 fully saturated rings. The molecule has 1 N–H and O–H groups in total. The SMILES string of the molecule is CC(=O)[C@@H]1[C@@H](C(=O)c2cccnc2)[C@@]2(C(=O)Nc3ccccc32)[C@@H]2C=Cc3cc(C)ccc3N12. The van der Waals surface area contributed by atoms with E-state index in [4.69, 9.17) is 0 Å². The molecule has 0 saturated carbocycles. The van der Waals surface area contributed by atoms with E-state index in [1.165, 1.54) is 13.1 Å². The Morgan fingerprint density at radius 3 is 2.68 bits per heavy atom. The van der Waals surface area contributed by atoms with Gasteiger partial charge in [-0.2, -0.15) is 0 Å². The first-order valence-corrected chi connectivity index (χ1v) is 11.4. The van der Waals surface area contributed by atoms with Crippen LogP contribution in [0.15, 0.2) is 73.1 Å². The monoisotopic (exact) mass is 449 g/mol. The topological polar surface area (TPSA) is 79.4 Å². The highest BCUT2D eigenvalue weighted by atomic mass is 16.2. The number of hydrogen-bond donors (Lipinski definition) is 1. The van der Waals surface area contributed by atoms with Gasteiger partial charge in [-0.1, -0.05) is 42.0 Å². The number of nitrogens with zero attached hydrogens (tertiary/aromatic N) is 2. The molecule has 6 rings (SSSR count). The van der Waals surface area contributed by atoms with Gasteiger partial charge in [0.05, 0.1) is 18.0 Å². The predicted octanol–water partition coefficient (Wildman–Crippen LogP) is 3.95. The van der Waals surface area contributed by atoms with E-state index in [1.54, 1.807) is 18.3 Å². The van der Waals surface area contributed by atoms with Crippen molar-refractivity contribution >= 4 is 34.9 Å². The summed E-state index contributed by atoms with van der Waals surface area (Å²) in [6.07, 6.45) is 7.10. The summed E-state index contributed by atoms with van der Waals surface area (Å²) in [6.45, 7) is 3.53. The molecule has 0 aliphatic carbocycles. The van der Waals surface area contributed by atoms with Gasteiger partial charge in [0.15, 0.2) is 11.6 Å². The average molecular weight is 450 g/mol. The molecule has 34 heavy (non-hydrogen) atoms. The number of nitrogens with one attached hydrogen (secondary N) is 1. The van der Waals surface area contributed by atoms with Crippen molar-refractivity contribution in [2.45, 2.75) is 31.3 Å². The molecule has 0 bridgehead atoms. The summed E-state index contributed by atoms with van der Waals surface area (Å²) in [7, 11) is 0. The van der Waals surface area contributed by atoms with Crippen molar-refractivity contribution in [1.82, 2.24) is 4.98 Å². The molecule has 6 heteroatoms. The van der Waals surface area contributed by atoms with Crippen molar-refractivity contribution in [3.63, 3.8) is 0 Å². The first-order chi connectivity index (χ1) is 16.4. The zero-order valence-corrected chi connectivity index (χ0v) is 18.9. The molecule has 3 aliphatic heterocycles. The fourth-order valence-electron chi connectivity index (χ4n) is 6.14. The summed E-state index contributed by atoms with van der Waals surface area (Å²) in [5.41, 5.74) is 3.50. The summed E-state index contributed by atoms with van der Waals surface area (Å²) >= 11 is 0. The van der Waals surface area contributed by atoms with Crippen LogP contribution >= 0.6 is 0 Å². The number of pyridine rings is 1. The van der Waals surface area contributed by atoms with E-state index >= 15 is 0 Å². The summed E-state index contributed by atoms with van der Waals surface area (Å²) in [4.78, 5) is 47.5. The molecule has 0 radical (unpaired) electrons. The van der Waals surface area contributed by atoms with Crippen LogP contribution in [0.2, 0.25) is 0 Å². The third kappa shape index (κ3) is 2.56. The van der Waals surface area contributed by atoms with Crippen molar-refractivity contribution in [2.24, 2.45) is 5.92 Å². The van der Waals surface area contributed by atoms with Gasteiger partial charge in [0.25, 0.3) is 0 Å². The van der Waals surface area contributed by atoms with Crippen LogP contribution in [0, 0.1) is 12.8 Å². The minimum atomic E-state index is -1.25. The Labute approximate surface area is 197 Å². The molecule has 168 valence electrons. The molecule has 1 spiro atoms. The van der Waals surface area contributed by atoms with Crippen LogP contribution in [0.1, 0.15) is 34.0 Å². The largest absolute Gasteiger partial charge is 0.352 e. The summed E-state index contributed by atoms with van der Waals surface area (Å²) in [5.74, 6) is -1.57. The molecule has 1 amide bonds. The maximum Gasteiger partial charge on any atom is 0.238 e.